The lowest BCUT2D eigenvalue weighted by Gasteiger charge is -2.10. The van der Waals surface area contributed by atoms with Crippen molar-refractivity contribution >= 4 is 34.1 Å². The van der Waals surface area contributed by atoms with E-state index in [2.05, 4.69) is 34.7 Å². The van der Waals surface area contributed by atoms with E-state index < -0.39 is 0 Å². The van der Waals surface area contributed by atoms with Gasteiger partial charge in [-0.25, -0.2) is 0 Å². The lowest BCUT2D eigenvalue weighted by molar-refractivity contribution is 0.599. The largest absolute Gasteiger partial charge is 0.423 e. The van der Waals surface area contributed by atoms with Gasteiger partial charge in [-0.2, -0.15) is 4.98 Å². The molecule has 0 bridgehead atoms. The number of oxazole rings is 1. The Kier molecular flexibility index (Phi) is 3.13. The van der Waals surface area contributed by atoms with Crippen LogP contribution in [0, 0.1) is 0 Å². The molecule has 19 heavy (non-hydrogen) atoms. The standard InChI is InChI=1S/C14H15N3OS/c1-9(7-11-3-2-6-19-11)16-14-17-12-5-4-10(15)8-13(12)18-14/h2-6,8-9H,7,15H2,1H3,(H,16,17). The molecule has 1 unspecified atom stereocenters. The maximum Gasteiger partial charge on any atom is 0.295 e. The van der Waals surface area contributed by atoms with Crippen molar-refractivity contribution in [1.82, 2.24) is 4.98 Å². The molecule has 98 valence electrons. The van der Waals surface area contributed by atoms with Gasteiger partial charge in [-0.05, 0) is 30.5 Å². The second kappa shape index (κ2) is 4.93. The molecule has 3 aromatic rings. The van der Waals surface area contributed by atoms with Crippen LogP contribution in [0.4, 0.5) is 11.7 Å². The molecule has 0 aliphatic carbocycles. The van der Waals surface area contributed by atoms with Crippen LogP contribution in [0.3, 0.4) is 0 Å². The fourth-order valence-electron chi connectivity index (χ4n) is 2.00. The first-order chi connectivity index (χ1) is 9.20. The van der Waals surface area contributed by atoms with Gasteiger partial charge in [0.25, 0.3) is 6.01 Å². The summed E-state index contributed by atoms with van der Waals surface area (Å²) in [7, 11) is 0. The van der Waals surface area contributed by atoms with E-state index in [1.807, 2.05) is 12.1 Å². The molecule has 0 radical (unpaired) electrons. The Balaban J connectivity index is 1.74. The number of hydrogen-bond acceptors (Lipinski definition) is 5. The second-order valence-corrected chi connectivity index (χ2v) is 5.61. The quantitative estimate of drug-likeness (QED) is 0.714. The Morgan fingerprint density at radius 2 is 2.32 bits per heavy atom. The molecule has 0 amide bonds. The lowest BCUT2D eigenvalue weighted by atomic mass is 10.2. The summed E-state index contributed by atoms with van der Waals surface area (Å²) >= 11 is 1.76. The zero-order valence-electron chi connectivity index (χ0n) is 10.6. The Morgan fingerprint density at radius 3 is 3.11 bits per heavy atom. The first-order valence-electron chi connectivity index (χ1n) is 6.16. The molecule has 0 spiro atoms. The summed E-state index contributed by atoms with van der Waals surface area (Å²) in [5, 5.41) is 5.36. The summed E-state index contributed by atoms with van der Waals surface area (Å²) in [5.41, 5.74) is 7.93. The predicted molar refractivity (Wildman–Crippen MR) is 79.5 cm³/mol. The van der Waals surface area contributed by atoms with E-state index in [-0.39, 0.29) is 6.04 Å². The van der Waals surface area contributed by atoms with Crippen LogP contribution < -0.4 is 11.1 Å². The first-order valence-corrected chi connectivity index (χ1v) is 7.03. The number of hydrogen-bond donors (Lipinski definition) is 2. The maximum absolute atomic E-state index is 5.72. The van der Waals surface area contributed by atoms with Gasteiger partial charge in [0, 0.05) is 29.1 Å². The van der Waals surface area contributed by atoms with Crippen LogP contribution in [0.15, 0.2) is 40.1 Å². The third-order valence-electron chi connectivity index (χ3n) is 2.87. The van der Waals surface area contributed by atoms with E-state index in [1.165, 1.54) is 4.88 Å². The minimum atomic E-state index is 0.268. The van der Waals surface area contributed by atoms with Gasteiger partial charge in [-0.3, -0.25) is 0 Å². The predicted octanol–water partition coefficient (Wildman–Crippen LogP) is 3.51. The highest BCUT2D eigenvalue weighted by molar-refractivity contribution is 7.09. The molecule has 1 aromatic carbocycles. The third kappa shape index (κ3) is 2.71. The van der Waals surface area contributed by atoms with Gasteiger partial charge in [-0.1, -0.05) is 6.07 Å². The van der Waals surface area contributed by atoms with Crippen LogP contribution in [0.2, 0.25) is 0 Å². The maximum atomic E-state index is 5.72. The SMILES string of the molecule is CC(Cc1cccs1)Nc1nc2ccc(N)cc2o1. The molecule has 0 aliphatic rings. The Labute approximate surface area is 115 Å². The minimum Gasteiger partial charge on any atom is -0.423 e. The van der Waals surface area contributed by atoms with E-state index in [1.54, 1.807) is 17.4 Å². The summed E-state index contributed by atoms with van der Waals surface area (Å²) in [5.74, 6) is 0. The lowest BCUT2D eigenvalue weighted by Crippen LogP contribution is -2.17. The molecule has 3 N–H and O–H groups in total. The van der Waals surface area contributed by atoms with Gasteiger partial charge in [0.1, 0.15) is 5.52 Å². The molecule has 5 heteroatoms. The number of nitrogen functional groups attached to an aromatic ring is 1. The minimum absolute atomic E-state index is 0.268. The Morgan fingerprint density at radius 1 is 1.42 bits per heavy atom. The number of rotatable bonds is 4. The Hall–Kier alpha value is -2.01. The monoisotopic (exact) mass is 273 g/mol. The van der Waals surface area contributed by atoms with Gasteiger partial charge in [0.15, 0.2) is 5.58 Å². The number of nitrogens with two attached hydrogens (primary N) is 1. The summed E-state index contributed by atoms with van der Waals surface area (Å²) in [6, 6.07) is 10.5. The molecular formula is C14H15N3OS. The number of aromatic nitrogens is 1. The first kappa shape index (κ1) is 12.0. The second-order valence-electron chi connectivity index (χ2n) is 4.58. The number of benzene rings is 1. The van der Waals surface area contributed by atoms with Crippen LogP contribution in [0.1, 0.15) is 11.8 Å². The topological polar surface area (TPSA) is 64.1 Å². The number of fused-ring (bicyclic) bond motifs is 1. The summed E-state index contributed by atoms with van der Waals surface area (Å²) in [6.07, 6.45) is 0.957. The number of nitrogens with zero attached hydrogens (tertiary/aromatic N) is 1. The molecule has 2 heterocycles. The van der Waals surface area contributed by atoms with Gasteiger partial charge >= 0.3 is 0 Å². The molecule has 0 fully saturated rings. The summed E-state index contributed by atoms with van der Waals surface area (Å²) < 4.78 is 5.64. The van der Waals surface area contributed by atoms with E-state index in [0.29, 0.717) is 17.3 Å². The van der Waals surface area contributed by atoms with Crippen molar-refractivity contribution in [3.05, 3.63) is 40.6 Å². The normalized spacial score (nSPS) is 12.7. The highest BCUT2D eigenvalue weighted by Gasteiger charge is 2.10. The molecule has 0 saturated carbocycles. The van der Waals surface area contributed by atoms with Crippen molar-refractivity contribution in [2.45, 2.75) is 19.4 Å². The number of nitrogens with one attached hydrogen (secondary N) is 1. The smallest absolute Gasteiger partial charge is 0.295 e. The van der Waals surface area contributed by atoms with Crippen LogP contribution in [-0.4, -0.2) is 11.0 Å². The third-order valence-corrected chi connectivity index (χ3v) is 3.77. The van der Waals surface area contributed by atoms with Crippen LogP contribution >= 0.6 is 11.3 Å². The average Bonchev–Trinajstić information content (AvgIpc) is 2.97. The van der Waals surface area contributed by atoms with E-state index >= 15 is 0 Å². The van der Waals surface area contributed by atoms with E-state index in [9.17, 15) is 0 Å². The van der Waals surface area contributed by atoms with Crippen molar-refractivity contribution in [1.29, 1.82) is 0 Å². The zero-order chi connectivity index (χ0) is 13.2. The zero-order valence-corrected chi connectivity index (χ0v) is 11.4. The highest BCUT2D eigenvalue weighted by atomic mass is 32.1. The van der Waals surface area contributed by atoms with Gasteiger partial charge in [0.05, 0.1) is 0 Å². The van der Waals surface area contributed by atoms with Crippen LogP contribution in [0.5, 0.6) is 0 Å². The molecule has 0 saturated heterocycles. The average molecular weight is 273 g/mol. The highest BCUT2D eigenvalue weighted by Crippen LogP contribution is 2.22. The van der Waals surface area contributed by atoms with Crippen molar-refractivity contribution < 1.29 is 4.42 Å². The number of thiophene rings is 1. The van der Waals surface area contributed by atoms with Crippen molar-refractivity contribution in [2.75, 3.05) is 11.1 Å². The number of anilines is 2. The van der Waals surface area contributed by atoms with E-state index in [4.69, 9.17) is 10.2 Å². The fourth-order valence-corrected chi connectivity index (χ4v) is 2.83. The fraction of sp³-hybridized carbons (Fsp3) is 0.214. The summed E-state index contributed by atoms with van der Waals surface area (Å²) in [4.78, 5) is 5.74. The Bertz CT molecular complexity index is 675. The van der Waals surface area contributed by atoms with Crippen molar-refractivity contribution in [3.63, 3.8) is 0 Å². The van der Waals surface area contributed by atoms with Crippen molar-refractivity contribution in [3.8, 4) is 0 Å². The molecule has 1 atom stereocenters. The molecule has 0 aliphatic heterocycles. The molecular weight excluding hydrogens is 258 g/mol. The van der Waals surface area contributed by atoms with E-state index in [0.717, 1.165) is 11.9 Å². The molecule has 3 rings (SSSR count). The van der Waals surface area contributed by atoms with Gasteiger partial charge in [0.2, 0.25) is 0 Å². The van der Waals surface area contributed by atoms with Gasteiger partial charge in [-0.15, -0.1) is 11.3 Å². The van der Waals surface area contributed by atoms with Crippen LogP contribution in [-0.2, 0) is 6.42 Å². The molecule has 2 aromatic heterocycles. The van der Waals surface area contributed by atoms with Gasteiger partial charge < -0.3 is 15.5 Å². The summed E-state index contributed by atoms with van der Waals surface area (Å²) in [6.45, 7) is 2.11. The van der Waals surface area contributed by atoms with Crippen LogP contribution in [0.25, 0.3) is 11.1 Å². The van der Waals surface area contributed by atoms with Crippen molar-refractivity contribution in [2.24, 2.45) is 0 Å². The molecule has 4 nitrogen and oxygen atoms in total.